The third-order valence-electron chi connectivity index (χ3n) is 3.79. The Labute approximate surface area is 104 Å². The second kappa shape index (κ2) is 5.36. The molecule has 1 rings (SSSR count). The zero-order valence-corrected chi connectivity index (χ0v) is 11.5. The third kappa shape index (κ3) is 3.42. The van der Waals surface area contributed by atoms with E-state index in [2.05, 4.69) is 26.1 Å². The highest BCUT2D eigenvalue weighted by Crippen LogP contribution is 2.34. The molecule has 3 N–H and O–H groups in total. The molecule has 17 heavy (non-hydrogen) atoms. The molecule has 1 aliphatic carbocycles. The molecule has 0 spiro atoms. The first kappa shape index (κ1) is 14.5. The van der Waals surface area contributed by atoms with Crippen molar-refractivity contribution in [2.24, 2.45) is 5.73 Å². The molecule has 1 fully saturated rings. The molecular weight excluding hydrogens is 216 g/mol. The fraction of sp³-hybridized carbons (Fsp3) is 0.923. The van der Waals surface area contributed by atoms with Gasteiger partial charge in [-0.3, -0.25) is 4.79 Å². The van der Waals surface area contributed by atoms with Crippen molar-refractivity contribution in [3.63, 3.8) is 0 Å². The summed E-state index contributed by atoms with van der Waals surface area (Å²) in [5, 5.41) is 3.24. The Kier molecular flexibility index (Phi) is 4.55. The molecule has 0 aliphatic heterocycles. The van der Waals surface area contributed by atoms with Crippen LogP contribution in [-0.2, 0) is 9.53 Å². The summed E-state index contributed by atoms with van der Waals surface area (Å²) in [6, 6.07) is 0. The van der Waals surface area contributed by atoms with E-state index in [-0.39, 0.29) is 17.6 Å². The number of amides is 1. The van der Waals surface area contributed by atoms with Gasteiger partial charge in [-0.2, -0.15) is 0 Å². The fourth-order valence-corrected chi connectivity index (χ4v) is 2.45. The van der Waals surface area contributed by atoms with E-state index < -0.39 is 5.54 Å². The molecular formula is C13H26N2O2. The first-order valence-electron chi connectivity index (χ1n) is 6.58. The zero-order valence-electron chi connectivity index (χ0n) is 11.5. The molecule has 0 aromatic heterocycles. The molecule has 4 heteroatoms. The summed E-state index contributed by atoms with van der Waals surface area (Å²) in [6.07, 6.45) is 3.48. The summed E-state index contributed by atoms with van der Waals surface area (Å²) in [7, 11) is 0. The number of rotatable bonds is 6. The van der Waals surface area contributed by atoms with Crippen LogP contribution in [-0.4, -0.2) is 29.7 Å². The number of likely N-dealkylation sites (N-methyl/N-ethyl adjacent to an activating group) is 1. The summed E-state index contributed by atoms with van der Waals surface area (Å²) >= 11 is 0. The van der Waals surface area contributed by atoms with Crippen molar-refractivity contribution in [1.29, 1.82) is 0 Å². The number of nitrogens with two attached hydrogens (primary N) is 1. The highest BCUT2D eigenvalue weighted by molar-refractivity contribution is 5.85. The highest BCUT2D eigenvalue weighted by atomic mass is 16.5. The predicted octanol–water partition coefficient (Wildman–Crippen LogP) is 1.58. The minimum absolute atomic E-state index is 0.120. The van der Waals surface area contributed by atoms with Crippen molar-refractivity contribution in [2.45, 2.75) is 70.6 Å². The van der Waals surface area contributed by atoms with Gasteiger partial charge in [0, 0.05) is 6.42 Å². The summed E-state index contributed by atoms with van der Waals surface area (Å²) < 4.78 is 6.05. The number of nitrogens with one attached hydrogen (secondary N) is 1. The molecule has 0 aromatic carbocycles. The normalized spacial score (nSPS) is 29.5. The van der Waals surface area contributed by atoms with Crippen LogP contribution < -0.4 is 11.1 Å². The van der Waals surface area contributed by atoms with Gasteiger partial charge in [0.05, 0.1) is 11.7 Å². The van der Waals surface area contributed by atoms with Crippen LogP contribution in [0.3, 0.4) is 0 Å². The molecule has 1 aliphatic rings. The maximum Gasteiger partial charge on any atom is 0.237 e. The van der Waals surface area contributed by atoms with E-state index in [0.717, 1.165) is 25.8 Å². The van der Waals surface area contributed by atoms with E-state index in [1.54, 1.807) is 0 Å². The molecule has 0 saturated heterocycles. The van der Waals surface area contributed by atoms with E-state index in [1.165, 1.54) is 0 Å². The van der Waals surface area contributed by atoms with Gasteiger partial charge in [0.25, 0.3) is 0 Å². The maximum atomic E-state index is 11.6. The van der Waals surface area contributed by atoms with Gasteiger partial charge in [-0.15, -0.1) is 0 Å². The molecule has 4 nitrogen and oxygen atoms in total. The monoisotopic (exact) mass is 242 g/mol. The lowest BCUT2D eigenvalue weighted by Crippen LogP contribution is -2.54. The van der Waals surface area contributed by atoms with E-state index in [9.17, 15) is 4.79 Å². The maximum absolute atomic E-state index is 11.6. The largest absolute Gasteiger partial charge is 0.372 e. The Morgan fingerprint density at radius 2 is 2.18 bits per heavy atom. The molecule has 2 atom stereocenters. The second-order valence-corrected chi connectivity index (χ2v) is 5.57. The molecule has 100 valence electrons. The standard InChI is InChI=1S/C13H26N2O2/c1-5-12(3,4)17-10-7-8-13(9-10,11(14)16)15-6-2/h10,15H,5-9H2,1-4H3,(H2,14,16). The fourth-order valence-electron chi connectivity index (χ4n) is 2.45. The summed E-state index contributed by atoms with van der Waals surface area (Å²) in [4.78, 5) is 11.6. The van der Waals surface area contributed by atoms with E-state index in [4.69, 9.17) is 10.5 Å². The zero-order chi connectivity index (χ0) is 13.1. The summed E-state index contributed by atoms with van der Waals surface area (Å²) in [5.74, 6) is -0.250. The predicted molar refractivity (Wildman–Crippen MR) is 68.7 cm³/mol. The van der Waals surface area contributed by atoms with Gasteiger partial charge in [-0.1, -0.05) is 13.8 Å². The van der Waals surface area contributed by atoms with Gasteiger partial charge in [0.1, 0.15) is 5.54 Å². The Balaban J connectivity index is 2.64. The van der Waals surface area contributed by atoms with Crippen LogP contribution in [0.25, 0.3) is 0 Å². The van der Waals surface area contributed by atoms with Gasteiger partial charge in [0.15, 0.2) is 0 Å². The van der Waals surface area contributed by atoms with Crippen molar-refractivity contribution in [3.05, 3.63) is 0 Å². The SMILES string of the molecule is CCNC1(C(N)=O)CCC(OC(C)(C)CC)C1. The van der Waals surface area contributed by atoms with Crippen LogP contribution in [0.1, 0.15) is 53.4 Å². The highest BCUT2D eigenvalue weighted by Gasteiger charge is 2.44. The Morgan fingerprint density at radius 1 is 1.53 bits per heavy atom. The first-order valence-corrected chi connectivity index (χ1v) is 6.58. The lowest BCUT2D eigenvalue weighted by Gasteiger charge is -2.30. The Hall–Kier alpha value is -0.610. The number of primary amides is 1. The van der Waals surface area contributed by atoms with Crippen molar-refractivity contribution < 1.29 is 9.53 Å². The van der Waals surface area contributed by atoms with Gasteiger partial charge >= 0.3 is 0 Å². The van der Waals surface area contributed by atoms with Gasteiger partial charge in [-0.25, -0.2) is 0 Å². The van der Waals surface area contributed by atoms with Crippen molar-refractivity contribution in [1.82, 2.24) is 5.32 Å². The van der Waals surface area contributed by atoms with Gasteiger partial charge < -0.3 is 15.8 Å². The lowest BCUT2D eigenvalue weighted by molar-refractivity contribution is -0.125. The van der Waals surface area contributed by atoms with Crippen molar-refractivity contribution >= 4 is 5.91 Å². The first-order chi connectivity index (χ1) is 7.85. The molecule has 0 aromatic rings. The number of carbonyl (C=O) groups excluding carboxylic acids is 1. The van der Waals surface area contributed by atoms with Crippen molar-refractivity contribution in [3.8, 4) is 0 Å². The second-order valence-electron chi connectivity index (χ2n) is 5.57. The van der Waals surface area contributed by atoms with Crippen LogP contribution in [0.2, 0.25) is 0 Å². The van der Waals surface area contributed by atoms with Crippen LogP contribution >= 0.6 is 0 Å². The molecule has 0 radical (unpaired) electrons. The third-order valence-corrected chi connectivity index (χ3v) is 3.79. The topological polar surface area (TPSA) is 64.3 Å². The minimum Gasteiger partial charge on any atom is -0.372 e. The van der Waals surface area contributed by atoms with Crippen LogP contribution in [0.4, 0.5) is 0 Å². The number of hydrogen-bond donors (Lipinski definition) is 2. The summed E-state index contributed by atoms with van der Waals surface area (Å²) in [6.45, 7) is 9.04. The average Bonchev–Trinajstić information content (AvgIpc) is 2.63. The van der Waals surface area contributed by atoms with E-state index in [0.29, 0.717) is 6.42 Å². The van der Waals surface area contributed by atoms with Gasteiger partial charge in [0.2, 0.25) is 5.91 Å². The smallest absolute Gasteiger partial charge is 0.237 e. The number of hydrogen-bond acceptors (Lipinski definition) is 3. The van der Waals surface area contributed by atoms with Crippen LogP contribution in [0, 0.1) is 0 Å². The summed E-state index contributed by atoms with van der Waals surface area (Å²) in [5.41, 5.74) is 4.85. The lowest BCUT2D eigenvalue weighted by atomic mass is 9.96. The van der Waals surface area contributed by atoms with E-state index in [1.807, 2.05) is 6.92 Å². The molecule has 0 bridgehead atoms. The number of carbonyl (C=O) groups is 1. The van der Waals surface area contributed by atoms with Crippen molar-refractivity contribution in [2.75, 3.05) is 6.54 Å². The molecule has 2 unspecified atom stereocenters. The average molecular weight is 242 g/mol. The quantitative estimate of drug-likeness (QED) is 0.743. The van der Waals surface area contributed by atoms with Gasteiger partial charge in [-0.05, 0) is 39.7 Å². The molecule has 1 amide bonds. The minimum atomic E-state index is -0.552. The Bertz CT molecular complexity index is 279. The number of ether oxygens (including phenoxy) is 1. The molecule has 0 heterocycles. The van der Waals surface area contributed by atoms with Crippen LogP contribution in [0.5, 0.6) is 0 Å². The van der Waals surface area contributed by atoms with Crippen LogP contribution in [0.15, 0.2) is 0 Å². The van der Waals surface area contributed by atoms with E-state index >= 15 is 0 Å². The molecule has 1 saturated carbocycles. The Morgan fingerprint density at radius 3 is 2.65 bits per heavy atom.